The van der Waals surface area contributed by atoms with Crippen LogP contribution in [0.25, 0.3) is 10.9 Å². The number of piperidine rings is 1. The number of carbonyl (C=O) groups is 2. The summed E-state index contributed by atoms with van der Waals surface area (Å²) in [6.45, 7) is 1.98. The van der Waals surface area contributed by atoms with Crippen LogP contribution in [0.5, 0.6) is 0 Å². The first-order chi connectivity index (χ1) is 14.4. The fraction of sp³-hybridized carbons (Fsp3) is 0.238. The highest BCUT2D eigenvalue weighted by atomic mass is 35.5. The molecule has 2 heterocycles. The summed E-state index contributed by atoms with van der Waals surface area (Å²) in [6.07, 6.45) is 0.425. The fourth-order valence-electron chi connectivity index (χ4n) is 3.68. The van der Waals surface area contributed by atoms with Crippen LogP contribution in [0.4, 0.5) is 5.69 Å². The van der Waals surface area contributed by atoms with Gasteiger partial charge in [-0.2, -0.15) is 0 Å². The van der Waals surface area contributed by atoms with Crippen LogP contribution in [-0.4, -0.2) is 21.4 Å². The largest absolute Gasteiger partial charge is 0.380 e. The Bertz CT molecular complexity index is 1220. The van der Waals surface area contributed by atoms with E-state index in [1.807, 2.05) is 0 Å². The lowest BCUT2D eigenvalue weighted by molar-refractivity contribution is -0.135. The van der Waals surface area contributed by atoms with Crippen LogP contribution < -0.4 is 16.2 Å². The smallest absolute Gasteiger partial charge is 0.264 e. The van der Waals surface area contributed by atoms with E-state index in [1.54, 1.807) is 43.3 Å². The Morgan fingerprint density at radius 3 is 2.53 bits per heavy atom. The number of anilines is 1. The molecule has 0 radical (unpaired) electrons. The Kier molecular flexibility index (Phi) is 5.49. The zero-order valence-corrected chi connectivity index (χ0v) is 17.5. The number of nitrogens with zero attached hydrogens (tertiary/aromatic N) is 2. The van der Waals surface area contributed by atoms with E-state index < -0.39 is 11.9 Å². The van der Waals surface area contributed by atoms with Gasteiger partial charge in [0.2, 0.25) is 11.8 Å². The Labute approximate surface area is 182 Å². The summed E-state index contributed by atoms with van der Waals surface area (Å²) < 4.78 is 1.36. The maximum atomic E-state index is 13.4. The monoisotopic (exact) mass is 444 g/mol. The summed E-state index contributed by atoms with van der Waals surface area (Å²) in [5.41, 5.74) is 1.43. The van der Waals surface area contributed by atoms with Gasteiger partial charge in [-0.25, -0.2) is 4.98 Å². The van der Waals surface area contributed by atoms with Crippen LogP contribution in [0.1, 0.15) is 30.3 Å². The van der Waals surface area contributed by atoms with Crippen molar-refractivity contribution in [2.75, 3.05) is 5.32 Å². The normalized spacial score (nSPS) is 16.6. The van der Waals surface area contributed by atoms with Crippen molar-refractivity contribution in [1.29, 1.82) is 0 Å². The SMILES string of the molecule is Cc1nc2cccc(NCc3c(Cl)cccc3Cl)c2c(=O)n1C1CCC(=O)NC1=O. The zero-order valence-electron chi connectivity index (χ0n) is 16.0. The van der Waals surface area contributed by atoms with Crippen molar-refractivity contribution in [2.45, 2.75) is 32.4 Å². The summed E-state index contributed by atoms with van der Waals surface area (Å²) in [6, 6.07) is 9.77. The topological polar surface area (TPSA) is 93.1 Å². The number of aromatic nitrogens is 2. The number of benzene rings is 2. The summed E-state index contributed by atoms with van der Waals surface area (Å²) in [5.74, 6) is -0.422. The second-order valence-corrected chi connectivity index (χ2v) is 7.87. The lowest BCUT2D eigenvalue weighted by Gasteiger charge is -2.24. The average molecular weight is 445 g/mol. The second kappa shape index (κ2) is 8.08. The molecule has 30 heavy (non-hydrogen) atoms. The van der Waals surface area contributed by atoms with Crippen molar-refractivity contribution in [3.63, 3.8) is 0 Å². The average Bonchev–Trinajstić information content (AvgIpc) is 2.69. The summed E-state index contributed by atoms with van der Waals surface area (Å²) >= 11 is 12.5. The fourth-order valence-corrected chi connectivity index (χ4v) is 4.21. The third-order valence-corrected chi connectivity index (χ3v) is 5.85. The van der Waals surface area contributed by atoms with E-state index in [0.29, 0.717) is 44.6 Å². The number of hydrogen-bond acceptors (Lipinski definition) is 5. The predicted octanol–water partition coefficient (Wildman–Crippen LogP) is 3.60. The van der Waals surface area contributed by atoms with Gasteiger partial charge in [-0.3, -0.25) is 24.3 Å². The van der Waals surface area contributed by atoms with Crippen LogP contribution in [0, 0.1) is 6.92 Å². The molecule has 7 nitrogen and oxygen atoms in total. The molecule has 1 unspecified atom stereocenters. The van der Waals surface area contributed by atoms with Crippen molar-refractivity contribution in [3.8, 4) is 0 Å². The van der Waals surface area contributed by atoms with Gasteiger partial charge < -0.3 is 5.32 Å². The van der Waals surface area contributed by atoms with Crippen molar-refractivity contribution < 1.29 is 9.59 Å². The zero-order chi connectivity index (χ0) is 21.4. The highest BCUT2D eigenvalue weighted by molar-refractivity contribution is 6.36. The Morgan fingerprint density at radius 2 is 1.83 bits per heavy atom. The van der Waals surface area contributed by atoms with Gasteiger partial charge in [-0.1, -0.05) is 35.3 Å². The number of imide groups is 1. The standard InChI is InChI=1S/C21H18Cl2N4O3/c1-11-25-16-7-3-6-15(24-10-12-13(22)4-2-5-14(12)23)19(16)21(30)27(11)17-8-9-18(28)26-20(17)29/h2-7,17,24H,8-10H2,1H3,(H,26,28,29). The minimum Gasteiger partial charge on any atom is -0.380 e. The van der Waals surface area contributed by atoms with E-state index in [0.717, 1.165) is 0 Å². The Morgan fingerprint density at radius 1 is 1.13 bits per heavy atom. The molecule has 0 aliphatic carbocycles. The lowest BCUT2D eigenvalue weighted by atomic mass is 10.1. The highest BCUT2D eigenvalue weighted by Gasteiger charge is 2.30. The molecule has 3 aromatic rings. The van der Waals surface area contributed by atoms with Crippen LogP contribution in [0.15, 0.2) is 41.2 Å². The lowest BCUT2D eigenvalue weighted by Crippen LogP contribution is -2.45. The van der Waals surface area contributed by atoms with E-state index in [4.69, 9.17) is 23.2 Å². The number of nitrogens with one attached hydrogen (secondary N) is 2. The van der Waals surface area contributed by atoms with Crippen molar-refractivity contribution >= 4 is 51.6 Å². The van der Waals surface area contributed by atoms with Gasteiger partial charge >= 0.3 is 0 Å². The molecule has 4 rings (SSSR count). The van der Waals surface area contributed by atoms with Crippen LogP contribution in [0.2, 0.25) is 10.0 Å². The Balaban J connectivity index is 1.78. The minimum atomic E-state index is -0.779. The van der Waals surface area contributed by atoms with Gasteiger partial charge in [0.25, 0.3) is 5.56 Å². The molecule has 1 aromatic heterocycles. The molecule has 1 aliphatic rings. The van der Waals surface area contributed by atoms with Gasteiger partial charge in [0.1, 0.15) is 11.9 Å². The first kappa shape index (κ1) is 20.4. The van der Waals surface area contributed by atoms with E-state index in [1.165, 1.54) is 4.57 Å². The number of aryl methyl sites for hydroxylation is 1. The molecular weight excluding hydrogens is 427 g/mol. The van der Waals surface area contributed by atoms with E-state index in [2.05, 4.69) is 15.6 Å². The van der Waals surface area contributed by atoms with Crippen LogP contribution in [-0.2, 0) is 16.1 Å². The minimum absolute atomic E-state index is 0.172. The van der Waals surface area contributed by atoms with Crippen molar-refractivity contribution in [1.82, 2.24) is 14.9 Å². The van der Waals surface area contributed by atoms with E-state index in [9.17, 15) is 14.4 Å². The molecule has 0 saturated carbocycles. The molecule has 0 bridgehead atoms. The molecule has 0 spiro atoms. The van der Waals surface area contributed by atoms with Crippen LogP contribution >= 0.6 is 23.2 Å². The van der Waals surface area contributed by atoms with Gasteiger partial charge in [0, 0.05) is 34.3 Å². The molecule has 154 valence electrons. The highest BCUT2D eigenvalue weighted by Crippen LogP contribution is 2.27. The van der Waals surface area contributed by atoms with E-state index >= 15 is 0 Å². The summed E-state index contributed by atoms with van der Waals surface area (Å²) in [5, 5.41) is 6.91. The van der Waals surface area contributed by atoms with Crippen LogP contribution in [0.3, 0.4) is 0 Å². The first-order valence-corrected chi connectivity index (χ1v) is 10.1. The third kappa shape index (κ3) is 3.66. The molecule has 1 saturated heterocycles. The molecule has 9 heteroatoms. The number of rotatable bonds is 4. The molecular formula is C21H18Cl2N4O3. The molecule has 1 aliphatic heterocycles. The van der Waals surface area contributed by atoms with E-state index in [-0.39, 0.29) is 24.3 Å². The quantitative estimate of drug-likeness (QED) is 0.599. The van der Waals surface area contributed by atoms with Crippen molar-refractivity contribution in [2.24, 2.45) is 0 Å². The number of amides is 2. The third-order valence-electron chi connectivity index (χ3n) is 5.15. The number of hydrogen-bond donors (Lipinski definition) is 2. The second-order valence-electron chi connectivity index (χ2n) is 7.05. The Hall–Kier alpha value is -2.90. The molecule has 2 amide bonds. The number of fused-ring (bicyclic) bond motifs is 1. The maximum absolute atomic E-state index is 13.4. The molecule has 2 N–H and O–H groups in total. The van der Waals surface area contributed by atoms with Gasteiger partial charge in [0.05, 0.1) is 10.9 Å². The van der Waals surface area contributed by atoms with Gasteiger partial charge in [-0.15, -0.1) is 0 Å². The maximum Gasteiger partial charge on any atom is 0.264 e. The molecule has 2 aromatic carbocycles. The first-order valence-electron chi connectivity index (χ1n) is 9.39. The summed E-state index contributed by atoms with van der Waals surface area (Å²) in [7, 11) is 0. The van der Waals surface area contributed by atoms with Gasteiger partial charge in [-0.05, 0) is 37.6 Å². The molecule has 1 fully saturated rings. The predicted molar refractivity (Wildman–Crippen MR) is 116 cm³/mol. The number of carbonyl (C=O) groups excluding carboxylic acids is 2. The number of halogens is 2. The van der Waals surface area contributed by atoms with Gasteiger partial charge in [0.15, 0.2) is 0 Å². The van der Waals surface area contributed by atoms with Crippen molar-refractivity contribution in [3.05, 3.63) is 68.2 Å². The molecule has 1 atom stereocenters. The summed E-state index contributed by atoms with van der Waals surface area (Å²) in [4.78, 5) is 41.8.